The summed E-state index contributed by atoms with van der Waals surface area (Å²) in [6, 6.07) is 17.6. The Balaban J connectivity index is 1.88. The zero-order valence-corrected chi connectivity index (χ0v) is 11.2. The molecule has 0 bridgehead atoms. The monoisotopic (exact) mass is 253 g/mol. The first-order valence-electron chi connectivity index (χ1n) is 6.83. The Hall–Kier alpha value is -1.80. The highest BCUT2D eigenvalue weighted by Gasteiger charge is 2.20. The molecule has 1 atom stereocenters. The smallest absolute Gasteiger partial charge is 0.124 e. The maximum Gasteiger partial charge on any atom is 0.124 e. The topological polar surface area (TPSA) is 21.3 Å². The van der Waals surface area contributed by atoms with E-state index in [2.05, 4.69) is 53.8 Å². The van der Waals surface area contributed by atoms with Crippen LogP contribution in [0.2, 0.25) is 0 Å². The van der Waals surface area contributed by atoms with Crippen molar-refractivity contribution in [3.63, 3.8) is 0 Å². The number of hydrogen-bond donors (Lipinski definition) is 1. The van der Waals surface area contributed by atoms with E-state index in [4.69, 9.17) is 4.74 Å². The molecule has 0 fully saturated rings. The molecule has 2 heteroatoms. The van der Waals surface area contributed by atoms with Gasteiger partial charge in [-0.25, -0.2) is 0 Å². The molecule has 1 unspecified atom stereocenters. The molecule has 98 valence electrons. The van der Waals surface area contributed by atoms with Crippen LogP contribution in [0.15, 0.2) is 48.5 Å². The fourth-order valence-electron chi connectivity index (χ4n) is 2.69. The molecule has 2 aromatic rings. The quantitative estimate of drug-likeness (QED) is 0.906. The predicted molar refractivity (Wildman–Crippen MR) is 77.6 cm³/mol. The van der Waals surface area contributed by atoms with Crippen LogP contribution in [0.5, 0.6) is 5.75 Å². The molecule has 0 spiro atoms. The molecule has 0 saturated carbocycles. The third kappa shape index (κ3) is 2.64. The number of ether oxygens (including phenoxy) is 1. The summed E-state index contributed by atoms with van der Waals surface area (Å²) in [5, 5.41) is 3.37. The summed E-state index contributed by atoms with van der Waals surface area (Å²) in [6.45, 7) is 0.802. The Labute approximate surface area is 114 Å². The van der Waals surface area contributed by atoms with Gasteiger partial charge in [-0.1, -0.05) is 42.5 Å². The summed E-state index contributed by atoms with van der Waals surface area (Å²) < 4.78 is 5.72. The summed E-state index contributed by atoms with van der Waals surface area (Å²) in [4.78, 5) is 0. The van der Waals surface area contributed by atoms with E-state index in [9.17, 15) is 0 Å². The highest BCUT2D eigenvalue weighted by atomic mass is 16.5. The summed E-state index contributed by atoms with van der Waals surface area (Å²) in [5.41, 5.74) is 3.98. The van der Waals surface area contributed by atoms with Gasteiger partial charge in [0.1, 0.15) is 5.75 Å². The molecule has 1 aliphatic heterocycles. The lowest BCUT2D eigenvalue weighted by Crippen LogP contribution is -2.24. The molecular formula is C17H19NO. The third-order valence-corrected chi connectivity index (χ3v) is 3.71. The van der Waals surface area contributed by atoms with Crippen molar-refractivity contribution < 1.29 is 4.74 Å². The molecule has 0 aliphatic carbocycles. The minimum Gasteiger partial charge on any atom is -0.493 e. The maximum atomic E-state index is 5.72. The van der Waals surface area contributed by atoms with Gasteiger partial charge in [-0.15, -0.1) is 0 Å². The van der Waals surface area contributed by atoms with Gasteiger partial charge < -0.3 is 10.1 Å². The summed E-state index contributed by atoms with van der Waals surface area (Å²) >= 11 is 0. The van der Waals surface area contributed by atoms with Crippen LogP contribution in [-0.2, 0) is 6.42 Å². The second-order valence-corrected chi connectivity index (χ2v) is 5.01. The minimum atomic E-state index is 0.416. The van der Waals surface area contributed by atoms with E-state index in [0.29, 0.717) is 6.04 Å². The van der Waals surface area contributed by atoms with Gasteiger partial charge in [-0.05, 0) is 30.7 Å². The molecule has 0 aromatic heterocycles. The summed E-state index contributed by atoms with van der Waals surface area (Å²) in [7, 11) is 2.02. The van der Waals surface area contributed by atoms with E-state index in [0.717, 1.165) is 25.2 Å². The van der Waals surface area contributed by atoms with Crippen LogP contribution in [0.1, 0.15) is 29.2 Å². The molecule has 1 heterocycles. The van der Waals surface area contributed by atoms with Crippen molar-refractivity contribution in [2.45, 2.75) is 18.9 Å². The molecule has 2 nitrogen and oxygen atoms in total. The zero-order chi connectivity index (χ0) is 13.1. The standard InChI is InChI=1S/C17H19NO/c1-18-16-9-10-19-17-8-7-14(12-15(16)17)11-13-5-3-2-4-6-13/h2-8,12,16,18H,9-11H2,1H3. The van der Waals surface area contributed by atoms with Gasteiger partial charge in [0.25, 0.3) is 0 Å². The molecule has 1 aliphatic rings. The van der Waals surface area contributed by atoms with Crippen molar-refractivity contribution in [2.75, 3.05) is 13.7 Å². The number of benzene rings is 2. The van der Waals surface area contributed by atoms with Gasteiger partial charge in [0, 0.05) is 18.0 Å². The van der Waals surface area contributed by atoms with Crippen LogP contribution in [0.25, 0.3) is 0 Å². The van der Waals surface area contributed by atoms with E-state index in [1.807, 2.05) is 7.05 Å². The highest BCUT2D eigenvalue weighted by molar-refractivity contribution is 5.42. The van der Waals surface area contributed by atoms with Crippen molar-refractivity contribution in [3.8, 4) is 5.75 Å². The molecular weight excluding hydrogens is 234 g/mol. The van der Waals surface area contributed by atoms with Crippen molar-refractivity contribution in [2.24, 2.45) is 0 Å². The van der Waals surface area contributed by atoms with Crippen molar-refractivity contribution >= 4 is 0 Å². The predicted octanol–water partition coefficient (Wildman–Crippen LogP) is 3.32. The highest BCUT2D eigenvalue weighted by Crippen LogP contribution is 2.32. The lowest BCUT2D eigenvalue weighted by molar-refractivity contribution is 0.257. The Morgan fingerprint density at radius 3 is 2.74 bits per heavy atom. The van der Waals surface area contributed by atoms with E-state index in [-0.39, 0.29) is 0 Å². The molecule has 2 aromatic carbocycles. The van der Waals surface area contributed by atoms with Gasteiger partial charge in [-0.3, -0.25) is 0 Å². The molecule has 3 rings (SSSR count). The first-order valence-corrected chi connectivity index (χ1v) is 6.83. The number of nitrogens with one attached hydrogen (secondary N) is 1. The van der Waals surface area contributed by atoms with Crippen LogP contribution in [0.3, 0.4) is 0 Å². The average molecular weight is 253 g/mol. The Bertz CT molecular complexity index is 550. The molecule has 0 radical (unpaired) electrons. The van der Waals surface area contributed by atoms with Gasteiger partial charge in [0.05, 0.1) is 6.61 Å². The first kappa shape index (κ1) is 12.2. The van der Waals surface area contributed by atoms with Crippen LogP contribution >= 0.6 is 0 Å². The van der Waals surface area contributed by atoms with Crippen molar-refractivity contribution in [1.29, 1.82) is 0 Å². The molecule has 19 heavy (non-hydrogen) atoms. The SMILES string of the molecule is CNC1CCOc2ccc(Cc3ccccc3)cc21. The summed E-state index contributed by atoms with van der Waals surface area (Å²) in [6.07, 6.45) is 2.02. The van der Waals surface area contributed by atoms with E-state index >= 15 is 0 Å². The van der Waals surface area contributed by atoms with Crippen LogP contribution in [0.4, 0.5) is 0 Å². The summed E-state index contributed by atoms with van der Waals surface area (Å²) in [5.74, 6) is 1.03. The van der Waals surface area contributed by atoms with E-state index < -0.39 is 0 Å². The van der Waals surface area contributed by atoms with Gasteiger partial charge >= 0.3 is 0 Å². The zero-order valence-electron chi connectivity index (χ0n) is 11.2. The number of hydrogen-bond acceptors (Lipinski definition) is 2. The maximum absolute atomic E-state index is 5.72. The molecule has 0 saturated heterocycles. The normalized spacial score (nSPS) is 17.6. The molecule has 0 amide bonds. The van der Waals surface area contributed by atoms with Crippen molar-refractivity contribution in [3.05, 3.63) is 65.2 Å². The second kappa shape index (κ2) is 5.45. The van der Waals surface area contributed by atoms with Crippen LogP contribution < -0.4 is 10.1 Å². The fourth-order valence-corrected chi connectivity index (χ4v) is 2.69. The van der Waals surface area contributed by atoms with Gasteiger partial charge in [-0.2, -0.15) is 0 Å². The fraction of sp³-hybridized carbons (Fsp3) is 0.294. The van der Waals surface area contributed by atoms with E-state index in [1.54, 1.807) is 0 Å². The Kier molecular flexibility index (Phi) is 3.51. The minimum absolute atomic E-state index is 0.416. The number of rotatable bonds is 3. The lowest BCUT2D eigenvalue weighted by Gasteiger charge is -2.26. The average Bonchev–Trinajstić information content (AvgIpc) is 2.47. The first-order chi connectivity index (χ1) is 9.36. The van der Waals surface area contributed by atoms with Crippen LogP contribution in [0, 0.1) is 0 Å². The lowest BCUT2D eigenvalue weighted by atomic mass is 9.96. The second-order valence-electron chi connectivity index (χ2n) is 5.01. The van der Waals surface area contributed by atoms with E-state index in [1.165, 1.54) is 16.7 Å². The largest absolute Gasteiger partial charge is 0.493 e. The Morgan fingerprint density at radius 2 is 1.95 bits per heavy atom. The Morgan fingerprint density at radius 1 is 1.11 bits per heavy atom. The van der Waals surface area contributed by atoms with Gasteiger partial charge in [0.2, 0.25) is 0 Å². The van der Waals surface area contributed by atoms with Crippen LogP contribution in [-0.4, -0.2) is 13.7 Å². The third-order valence-electron chi connectivity index (χ3n) is 3.71. The molecule has 1 N–H and O–H groups in total. The van der Waals surface area contributed by atoms with Gasteiger partial charge in [0.15, 0.2) is 0 Å². The number of fused-ring (bicyclic) bond motifs is 1. The van der Waals surface area contributed by atoms with Crippen molar-refractivity contribution in [1.82, 2.24) is 5.32 Å².